The molecule has 152 valence electrons. The lowest BCUT2D eigenvalue weighted by Crippen LogP contribution is -2.30. The van der Waals surface area contributed by atoms with Gasteiger partial charge < -0.3 is 20.4 Å². The van der Waals surface area contributed by atoms with Gasteiger partial charge in [-0.2, -0.15) is 0 Å². The zero-order chi connectivity index (χ0) is 20.2. The van der Waals surface area contributed by atoms with Crippen LogP contribution in [0.25, 0.3) is 0 Å². The van der Waals surface area contributed by atoms with Gasteiger partial charge in [0.15, 0.2) is 0 Å². The van der Waals surface area contributed by atoms with Crippen LogP contribution in [0.5, 0.6) is 0 Å². The number of halogens is 1. The second-order valence-corrected chi connectivity index (χ2v) is 8.34. The topological polar surface area (TPSA) is 64.7 Å². The van der Waals surface area contributed by atoms with Gasteiger partial charge in [-0.25, -0.2) is 4.79 Å². The maximum absolute atomic E-state index is 13.2. The van der Waals surface area contributed by atoms with Crippen LogP contribution in [0, 0.1) is 0 Å². The molecular weight excluding hydrogens is 432 g/mol. The number of benzene rings is 2. The Morgan fingerprint density at radius 1 is 0.862 bits per heavy atom. The van der Waals surface area contributed by atoms with Crippen molar-refractivity contribution in [3.8, 4) is 0 Å². The molecule has 2 aromatic carbocycles. The second kappa shape index (κ2) is 8.86. The molecule has 0 radical (unpaired) electrons. The third-order valence-electron chi connectivity index (χ3n) is 5.45. The number of amides is 3. The monoisotopic (exact) mass is 456 g/mol. The Balaban J connectivity index is 1.55. The number of para-hydroxylation sites is 1. The summed E-state index contributed by atoms with van der Waals surface area (Å²) in [6.07, 6.45) is 4.39. The fourth-order valence-electron chi connectivity index (χ4n) is 3.96. The van der Waals surface area contributed by atoms with Gasteiger partial charge in [-0.3, -0.25) is 4.79 Å². The molecule has 0 saturated carbocycles. The van der Waals surface area contributed by atoms with Crippen LogP contribution in [0.2, 0.25) is 0 Å². The molecule has 2 aromatic rings. The molecule has 7 heteroatoms. The van der Waals surface area contributed by atoms with Gasteiger partial charge >= 0.3 is 6.03 Å². The molecule has 0 unspecified atom stereocenters. The van der Waals surface area contributed by atoms with E-state index in [0.29, 0.717) is 16.9 Å². The van der Waals surface area contributed by atoms with E-state index >= 15 is 0 Å². The quantitative estimate of drug-likeness (QED) is 0.685. The number of anilines is 3. The number of carbonyl (C=O) groups is 2. The summed E-state index contributed by atoms with van der Waals surface area (Å²) in [5.74, 6) is 0.0549. The van der Waals surface area contributed by atoms with Crippen LogP contribution >= 0.6 is 15.9 Å². The zero-order valence-corrected chi connectivity index (χ0v) is 17.9. The molecule has 2 N–H and O–H groups in total. The first-order valence-electron chi connectivity index (χ1n) is 10.1. The molecule has 2 aliphatic rings. The van der Waals surface area contributed by atoms with Crippen LogP contribution in [0.1, 0.15) is 36.0 Å². The predicted octanol–water partition coefficient (Wildman–Crippen LogP) is 4.93. The van der Waals surface area contributed by atoms with E-state index in [1.165, 1.54) is 0 Å². The fraction of sp³-hybridized carbons (Fsp3) is 0.364. The first kappa shape index (κ1) is 19.8. The van der Waals surface area contributed by atoms with E-state index in [9.17, 15) is 9.59 Å². The van der Waals surface area contributed by atoms with Gasteiger partial charge in [-0.05, 0) is 71.9 Å². The van der Waals surface area contributed by atoms with Crippen molar-refractivity contribution in [1.29, 1.82) is 0 Å². The van der Waals surface area contributed by atoms with E-state index in [2.05, 4.69) is 31.5 Å². The first-order chi connectivity index (χ1) is 14.1. The lowest BCUT2D eigenvalue weighted by molar-refractivity contribution is 0.0793. The Hall–Kier alpha value is -2.54. The number of rotatable bonds is 4. The van der Waals surface area contributed by atoms with Crippen LogP contribution in [-0.2, 0) is 0 Å². The number of hydrogen-bond donors (Lipinski definition) is 2. The number of likely N-dealkylation sites (tertiary alicyclic amines) is 1. The van der Waals surface area contributed by atoms with E-state index in [1.54, 1.807) is 0 Å². The third-order valence-corrected chi connectivity index (χ3v) is 6.14. The van der Waals surface area contributed by atoms with Gasteiger partial charge in [-0.1, -0.05) is 12.1 Å². The maximum atomic E-state index is 13.2. The van der Waals surface area contributed by atoms with Gasteiger partial charge in [0.05, 0.1) is 11.3 Å². The van der Waals surface area contributed by atoms with Crippen molar-refractivity contribution in [2.24, 2.45) is 0 Å². The number of carbonyl (C=O) groups excluding carboxylic acids is 2. The molecule has 6 nitrogen and oxygen atoms in total. The highest BCUT2D eigenvalue weighted by atomic mass is 79.9. The van der Waals surface area contributed by atoms with Crippen molar-refractivity contribution in [2.45, 2.75) is 25.7 Å². The smallest absolute Gasteiger partial charge is 0.323 e. The Bertz CT molecular complexity index is 905. The molecule has 2 aliphatic heterocycles. The third kappa shape index (κ3) is 4.56. The van der Waals surface area contributed by atoms with Gasteiger partial charge in [0.1, 0.15) is 0 Å². The average molecular weight is 457 g/mol. The minimum Gasteiger partial charge on any atom is -0.371 e. The van der Waals surface area contributed by atoms with Crippen molar-refractivity contribution in [2.75, 3.05) is 41.7 Å². The minimum atomic E-state index is -0.342. The van der Waals surface area contributed by atoms with Crippen molar-refractivity contribution in [3.63, 3.8) is 0 Å². The molecule has 0 bridgehead atoms. The number of hydrogen-bond acceptors (Lipinski definition) is 3. The molecule has 2 saturated heterocycles. The second-order valence-electron chi connectivity index (χ2n) is 7.48. The number of urea groups is 1. The van der Waals surface area contributed by atoms with Crippen LogP contribution in [0.3, 0.4) is 0 Å². The molecule has 2 heterocycles. The lowest BCUT2D eigenvalue weighted by atomic mass is 10.1. The summed E-state index contributed by atoms with van der Waals surface area (Å²) in [5, 5.41) is 5.69. The van der Waals surface area contributed by atoms with Crippen molar-refractivity contribution in [1.82, 2.24) is 4.90 Å². The summed E-state index contributed by atoms with van der Waals surface area (Å²) in [5.41, 5.74) is 2.94. The van der Waals surface area contributed by atoms with Crippen molar-refractivity contribution < 1.29 is 9.59 Å². The highest BCUT2D eigenvalue weighted by Gasteiger charge is 2.25. The fourth-order valence-corrected chi connectivity index (χ4v) is 4.34. The molecule has 0 spiro atoms. The van der Waals surface area contributed by atoms with Crippen LogP contribution in [0.15, 0.2) is 46.9 Å². The summed E-state index contributed by atoms with van der Waals surface area (Å²) in [6.45, 7) is 3.54. The Labute approximate surface area is 179 Å². The lowest BCUT2D eigenvalue weighted by Gasteiger charge is -2.24. The standard InChI is InChI=1S/C22H25BrN4O2/c23-18-7-1-2-8-19(18)25-22(29)24-16-9-10-20(26-11-3-4-12-26)17(15-16)21(28)27-13-5-6-14-27/h1-2,7-10,15H,3-6,11-14H2,(H2,24,25,29). The number of nitrogens with one attached hydrogen (secondary N) is 2. The van der Waals surface area contributed by atoms with Crippen molar-refractivity contribution in [3.05, 3.63) is 52.5 Å². The zero-order valence-electron chi connectivity index (χ0n) is 16.3. The predicted molar refractivity (Wildman–Crippen MR) is 120 cm³/mol. The summed E-state index contributed by atoms with van der Waals surface area (Å²) < 4.78 is 0.810. The van der Waals surface area contributed by atoms with Gasteiger partial charge in [0, 0.05) is 42.0 Å². The normalized spacial score (nSPS) is 16.2. The Kier molecular flexibility index (Phi) is 6.04. The van der Waals surface area contributed by atoms with Crippen LogP contribution < -0.4 is 15.5 Å². The molecule has 0 aliphatic carbocycles. The summed E-state index contributed by atoms with van der Waals surface area (Å²) in [4.78, 5) is 29.8. The average Bonchev–Trinajstić information content (AvgIpc) is 3.43. The summed E-state index contributed by atoms with van der Waals surface area (Å²) >= 11 is 3.43. The van der Waals surface area contributed by atoms with Gasteiger partial charge in [0.25, 0.3) is 5.91 Å². The molecule has 0 aromatic heterocycles. The minimum absolute atomic E-state index is 0.0549. The van der Waals surface area contributed by atoms with E-state index in [1.807, 2.05) is 47.4 Å². The highest BCUT2D eigenvalue weighted by molar-refractivity contribution is 9.10. The molecule has 29 heavy (non-hydrogen) atoms. The Morgan fingerprint density at radius 3 is 2.28 bits per heavy atom. The molecule has 3 amide bonds. The van der Waals surface area contributed by atoms with Crippen LogP contribution in [0.4, 0.5) is 21.9 Å². The van der Waals surface area contributed by atoms with E-state index in [-0.39, 0.29) is 11.9 Å². The largest absolute Gasteiger partial charge is 0.371 e. The summed E-state index contributed by atoms with van der Waals surface area (Å²) in [7, 11) is 0. The van der Waals surface area contributed by atoms with Crippen molar-refractivity contribution >= 4 is 44.9 Å². The SMILES string of the molecule is O=C(Nc1ccc(N2CCCC2)c(C(=O)N2CCCC2)c1)Nc1ccccc1Br. The van der Waals surface area contributed by atoms with E-state index in [4.69, 9.17) is 0 Å². The summed E-state index contributed by atoms with van der Waals surface area (Å²) in [6, 6.07) is 12.7. The molecule has 2 fully saturated rings. The molecule has 0 atom stereocenters. The van der Waals surface area contributed by atoms with Crippen LogP contribution in [-0.4, -0.2) is 43.0 Å². The maximum Gasteiger partial charge on any atom is 0.323 e. The van der Waals surface area contributed by atoms with Gasteiger partial charge in [0.2, 0.25) is 0 Å². The first-order valence-corrected chi connectivity index (χ1v) is 10.9. The Morgan fingerprint density at radius 2 is 1.55 bits per heavy atom. The molecule has 4 rings (SSSR count). The molecular formula is C22H25BrN4O2. The van der Waals surface area contributed by atoms with Gasteiger partial charge in [-0.15, -0.1) is 0 Å². The van der Waals surface area contributed by atoms with E-state index < -0.39 is 0 Å². The highest BCUT2D eigenvalue weighted by Crippen LogP contribution is 2.30. The van der Waals surface area contributed by atoms with E-state index in [0.717, 1.165) is 62.0 Å². The number of nitrogens with zero attached hydrogens (tertiary/aromatic N) is 2.